The normalized spacial score (nSPS) is 25.0. The third kappa shape index (κ3) is 3.97. The molecule has 1 aromatic rings. The first kappa shape index (κ1) is 14.4. The van der Waals surface area contributed by atoms with Gasteiger partial charge >= 0.3 is 0 Å². The largest absolute Gasteiger partial charge is 0.490 e. The Morgan fingerprint density at radius 1 is 1.05 bits per heavy atom. The van der Waals surface area contributed by atoms with E-state index in [0.29, 0.717) is 18.1 Å². The van der Waals surface area contributed by atoms with E-state index in [4.69, 9.17) is 9.47 Å². The first-order valence-electron chi connectivity index (χ1n) is 7.52. The molecule has 1 unspecified atom stereocenters. The summed E-state index contributed by atoms with van der Waals surface area (Å²) in [6.45, 7) is 4.49. The number of methoxy groups -OCH3 is 1. The van der Waals surface area contributed by atoms with E-state index in [2.05, 4.69) is 38.1 Å². The SMILES string of the molecule is CCC(C)c1ccc(OC2CCC(OC)CC2)cc1. The molecule has 19 heavy (non-hydrogen) atoms. The fraction of sp³-hybridized carbons (Fsp3) is 0.647. The highest BCUT2D eigenvalue weighted by molar-refractivity contribution is 5.29. The van der Waals surface area contributed by atoms with E-state index in [-0.39, 0.29) is 0 Å². The van der Waals surface area contributed by atoms with Crippen molar-refractivity contribution in [1.29, 1.82) is 0 Å². The summed E-state index contributed by atoms with van der Waals surface area (Å²) < 4.78 is 11.4. The Hall–Kier alpha value is -1.02. The van der Waals surface area contributed by atoms with Gasteiger partial charge in [-0.3, -0.25) is 0 Å². The summed E-state index contributed by atoms with van der Waals surface area (Å²) in [5, 5.41) is 0. The van der Waals surface area contributed by atoms with Gasteiger partial charge in [0.25, 0.3) is 0 Å². The second kappa shape index (κ2) is 6.95. The maximum Gasteiger partial charge on any atom is 0.119 e. The molecule has 1 aliphatic rings. The Bertz CT molecular complexity index is 363. The van der Waals surface area contributed by atoms with Crippen LogP contribution in [0.15, 0.2) is 24.3 Å². The van der Waals surface area contributed by atoms with Crippen LogP contribution in [0.1, 0.15) is 57.4 Å². The Labute approximate surface area is 117 Å². The predicted molar refractivity (Wildman–Crippen MR) is 78.8 cm³/mol. The van der Waals surface area contributed by atoms with Crippen molar-refractivity contribution in [2.75, 3.05) is 7.11 Å². The Balaban J connectivity index is 1.86. The van der Waals surface area contributed by atoms with Crippen molar-refractivity contribution in [2.45, 2.75) is 64.1 Å². The van der Waals surface area contributed by atoms with Crippen LogP contribution < -0.4 is 4.74 Å². The molecular weight excluding hydrogens is 236 g/mol. The van der Waals surface area contributed by atoms with Gasteiger partial charge in [-0.15, -0.1) is 0 Å². The Morgan fingerprint density at radius 3 is 2.16 bits per heavy atom. The summed E-state index contributed by atoms with van der Waals surface area (Å²) in [6.07, 6.45) is 6.42. The zero-order chi connectivity index (χ0) is 13.7. The minimum Gasteiger partial charge on any atom is -0.490 e. The summed E-state index contributed by atoms with van der Waals surface area (Å²) in [4.78, 5) is 0. The molecule has 2 nitrogen and oxygen atoms in total. The van der Waals surface area contributed by atoms with E-state index in [9.17, 15) is 0 Å². The summed E-state index contributed by atoms with van der Waals surface area (Å²) in [5.74, 6) is 1.64. The molecule has 0 heterocycles. The monoisotopic (exact) mass is 262 g/mol. The predicted octanol–water partition coefficient (Wildman–Crippen LogP) is 4.54. The van der Waals surface area contributed by atoms with Crippen LogP contribution in [-0.4, -0.2) is 19.3 Å². The van der Waals surface area contributed by atoms with Crippen LogP contribution in [0, 0.1) is 0 Å². The minimum absolute atomic E-state index is 0.362. The van der Waals surface area contributed by atoms with Crippen molar-refractivity contribution in [1.82, 2.24) is 0 Å². The Kier molecular flexibility index (Phi) is 5.26. The van der Waals surface area contributed by atoms with Crippen LogP contribution in [0.5, 0.6) is 5.75 Å². The van der Waals surface area contributed by atoms with Crippen molar-refractivity contribution < 1.29 is 9.47 Å². The third-order valence-corrected chi connectivity index (χ3v) is 4.32. The van der Waals surface area contributed by atoms with Gasteiger partial charge in [0.2, 0.25) is 0 Å². The fourth-order valence-corrected chi connectivity index (χ4v) is 2.69. The number of hydrogen-bond donors (Lipinski definition) is 0. The van der Waals surface area contributed by atoms with Crippen molar-refractivity contribution in [3.05, 3.63) is 29.8 Å². The molecule has 1 atom stereocenters. The quantitative estimate of drug-likeness (QED) is 0.775. The van der Waals surface area contributed by atoms with Gasteiger partial charge in [-0.1, -0.05) is 26.0 Å². The van der Waals surface area contributed by atoms with Crippen LogP contribution in [0.25, 0.3) is 0 Å². The van der Waals surface area contributed by atoms with Gasteiger partial charge in [0, 0.05) is 7.11 Å². The summed E-state index contributed by atoms with van der Waals surface area (Å²) in [6, 6.07) is 8.63. The molecule has 2 rings (SSSR count). The van der Waals surface area contributed by atoms with Crippen LogP contribution in [0.4, 0.5) is 0 Å². The van der Waals surface area contributed by atoms with Gasteiger partial charge in [0.15, 0.2) is 0 Å². The lowest BCUT2D eigenvalue weighted by molar-refractivity contribution is 0.0327. The minimum atomic E-state index is 0.362. The standard InChI is InChI=1S/C17H26O2/c1-4-13(2)14-5-7-16(8-6-14)19-17-11-9-15(18-3)10-12-17/h5-8,13,15,17H,4,9-12H2,1-3H3. The molecule has 1 aliphatic carbocycles. The van der Waals surface area contributed by atoms with E-state index in [1.165, 1.54) is 12.0 Å². The second-order valence-electron chi connectivity index (χ2n) is 5.63. The molecular formula is C17H26O2. The average molecular weight is 262 g/mol. The van der Waals surface area contributed by atoms with Crippen molar-refractivity contribution in [2.24, 2.45) is 0 Å². The molecule has 0 radical (unpaired) electrons. The maximum atomic E-state index is 6.06. The molecule has 106 valence electrons. The van der Waals surface area contributed by atoms with E-state index in [1.54, 1.807) is 7.11 Å². The molecule has 0 amide bonds. The van der Waals surface area contributed by atoms with Crippen LogP contribution >= 0.6 is 0 Å². The lowest BCUT2D eigenvalue weighted by Gasteiger charge is -2.28. The van der Waals surface area contributed by atoms with Crippen molar-refractivity contribution >= 4 is 0 Å². The molecule has 0 N–H and O–H groups in total. The topological polar surface area (TPSA) is 18.5 Å². The molecule has 1 fully saturated rings. The molecule has 1 saturated carbocycles. The van der Waals surface area contributed by atoms with E-state index in [0.717, 1.165) is 31.4 Å². The van der Waals surface area contributed by atoms with E-state index >= 15 is 0 Å². The van der Waals surface area contributed by atoms with Crippen molar-refractivity contribution in [3.63, 3.8) is 0 Å². The average Bonchev–Trinajstić information content (AvgIpc) is 2.48. The Morgan fingerprint density at radius 2 is 1.63 bits per heavy atom. The smallest absolute Gasteiger partial charge is 0.119 e. The zero-order valence-electron chi connectivity index (χ0n) is 12.4. The van der Waals surface area contributed by atoms with Gasteiger partial charge < -0.3 is 9.47 Å². The van der Waals surface area contributed by atoms with Crippen LogP contribution in [0.2, 0.25) is 0 Å². The molecule has 0 spiro atoms. The zero-order valence-corrected chi connectivity index (χ0v) is 12.4. The second-order valence-corrected chi connectivity index (χ2v) is 5.63. The maximum absolute atomic E-state index is 6.06. The molecule has 2 heteroatoms. The number of hydrogen-bond acceptors (Lipinski definition) is 2. The van der Waals surface area contributed by atoms with Crippen LogP contribution in [0.3, 0.4) is 0 Å². The van der Waals surface area contributed by atoms with Gasteiger partial charge in [0.05, 0.1) is 12.2 Å². The molecule has 1 aromatic carbocycles. The summed E-state index contributed by atoms with van der Waals surface area (Å²) in [5.41, 5.74) is 1.40. The molecule has 0 bridgehead atoms. The van der Waals surface area contributed by atoms with Gasteiger partial charge in [-0.25, -0.2) is 0 Å². The highest BCUT2D eigenvalue weighted by Gasteiger charge is 2.21. The molecule has 0 saturated heterocycles. The van der Waals surface area contributed by atoms with E-state index < -0.39 is 0 Å². The van der Waals surface area contributed by atoms with Gasteiger partial charge in [0.1, 0.15) is 5.75 Å². The highest BCUT2D eigenvalue weighted by Crippen LogP contribution is 2.26. The molecule has 0 aromatic heterocycles. The first-order chi connectivity index (χ1) is 9.22. The lowest BCUT2D eigenvalue weighted by atomic mass is 9.95. The first-order valence-corrected chi connectivity index (χ1v) is 7.52. The lowest BCUT2D eigenvalue weighted by Crippen LogP contribution is -2.27. The number of benzene rings is 1. The van der Waals surface area contributed by atoms with Crippen LogP contribution in [-0.2, 0) is 4.74 Å². The van der Waals surface area contributed by atoms with E-state index in [1.807, 2.05) is 0 Å². The summed E-state index contributed by atoms with van der Waals surface area (Å²) >= 11 is 0. The summed E-state index contributed by atoms with van der Waals surface area (Å²) in [7, 11) is 1.81. The number of ether oxygens (including phenoxy) is 2. The van der Waals surface area contributed by atoms with Gasteiger partial charge in [-0.05, 0) is 55.7 Å². The van der Waals surface area contributed by atoms with Crippen molar-refractivity contribution in [3.8, 4) is 5.75 Å². The number of rotatable bonds is 5. The highest BCUT2D eigenvalue weighted by atomic mass is 16.5. The molecule has 0 aliphatic heterocycles. The fourth-order valence-electron chi connectivity index (χ4n) is 2.69. The van der Waals surface area contributed by atoms with Gasteiger partial charge in [-0.2, -0.15) is 0 Å². The third-order valence-electron chi connectivity index (χ3n) is 4.32.